The Morgan fingerprint density at radius 2 is 1.38 bits per heavy atom. The molecule has 0 amide bonds. The van der Waals surface area contributed by atoms with Gasteiger partial charge in [-0.25, -0.2) is 13.6 Å². The van der Waals surface area contributed by atoms with E-state index in [4.69, 9.17) is 22.3 Å². The molecule has 16 nitrogen and oxygen atoms in total. The summed E-state index contributed by atoms with van der Waals surface area (Å²) in [6.45, 7) is 2.45. The van der Waals surface area contributed by atoms with E-state index in [0.717, 1.165) is 70.3 Å². The van der Waals surface area contributed by atoms with Crippen molar-refractivity contribution in [2.75, 3.05) is 42.7 Å². The fourth-order valence-electron chi connectivity index (χ4n) is 8.52. The van der Waals surface area contributed by atoms with E-state index in [2.05, 4.69) is 14.6 Å². The second-order valence-electron chi connectivity index (χ2n) is 16.4. The minimum absolute atomic E-state index is 0.00131. The number of pyridine rings is 2. The van der Waals surface area contributed by atoms with E-state index >= 15 is 8.78 Å². The molecule has 4 fully saturated rings. The second kappa shape index (κ2) is 17.3. The Balaban J connectivity index is 0.787. The van der Waals surface area contributed by atoms with Crippen LogP contribution in [0.25, 0.3) is 21.8 Å². The number of nitrogens with two attached hydrogens (primary N) is 2. The number of amidine groups is 1. The van der Waals surface area contributed by atoms with E-state index in [0.29, 0.717) is 79.4 Å². The van der Waals surface area contributed by atoms with Gasteiger partial charge in [0.05, 0.1) is 22.4 Å². The van der Waals surface area contributed by atoms with Crippen LogP contribution in [0.2, 0.25) is 0 Å². The van der Waals surface area contributed by atoms with Crippen LogP contribution in [0.5, 0.6) is 0 Å². The fourth-order valence-corrected chi connectivity index (χ4v) is 8.52. The molecule has 0 spiro atoms. The van der Waals surface area contributed by atoms with Gasteiger partial charge in [0.1, 0.15) is 23.0 Å². The average molecular weight is 839 g/mol. The fraction of sp³-hybridized carbons (Fsp3) is 0.465. The number of nitrogens with zero attached hydrogens (tertiary/aromatic N) is 8. The van der Waals surface area contributed by atoms with Gasteiger partial charge in [-0.3, -0.25) is 40.0 Å². The van der Waals surface area contributed by atoms with Crippen molar-refractivity contribution in [3.8, 4) is 0 Å². The van der Waals surface area contributed by atoms with Gasteiger partial charge in [-0.05, 0) is 82.1 Å². The predicted octanol–water partition coefficient (Wildman–Crippen LogP) is 5.87. The Hall–Kier alpha value is -6.33. The maximum atomic E-state index is 15.6. The topological polar surface area (TPSA) is 219 Å². The molecule has 18 heteroatoms. The summed E-state index contributed by atoms with van der Waals surface area (Å²) in [4.78, 5) is 45.8. The molecule has 2 saturated heterocycles. The average Bonchev–Trinajstić information content (AvgIpc) is 4.15. The number of aromatic carboxylic acids is 1. The van der Waals surface area contributed by atoms with Crippen molar-refractivity contribution in [2.45, 2.75) is 95.6 Å². The van der Waals surface area contributed by atoms with Crippen LogP contribution in [-0.2, 0) is 0 Å². The Morgan fingerprint density at radius 1 is 0.787 bits per heavy atom. The maximum absolute atomic E-state index is 15.6. The van der Waals surface area contributed by atoms with Crippen LogP contribution in [0.4, 0.5) is 20.2 Å². The lowest BCUT2D eigenvalue weighted by Gasteiger charge is -2.32. The predicted molar refractivity (Wildman–Crippen MR) is 233 cm³/mol. The van der Waals surface area contributed by atoms with Crippen molar-refractivity contribution in [2.24, 2.45) is 21.5 Å². The summed E-state index contributed by atoms with van der Waals surface area (Å²) in [5, 5.41) is 34.1. The number of unbranched alkanes of at least 4 members (excludes halogenated alkanes) is 4. The van der Waals surface area contributed by atoms with Crippen molar-refractivity contribution in [1.82, 2.24) is 19.2 Å². The van der Waals surface area contributed by atoms with Gasteiger partial charge < -0.3 is 31.1 Å². The number of aliphatic imine (C=N–C) groups is 2. The molecular weight excluding hydrogens is 787 g/mol. The SMILES string of the molecule is N=C(CCCCCCCN=C(N)N=C(N)N1CCCN1c1cc2c(cc1F)c(=O)c(C(=O)O)cn2C1CC1)CC(=N)N1CCCN1c1cc2c(cc1F)c(=O)ccn2C1CC1. The third kappa shape index (κ3) is 8.79. The Morgan fingerprint density at radius 3 is 2.05 bits per heavy atom. The van der Waals surface area contributed by atoms with Gasteiger partial charge in [0.25, 0.3) is 0 Å². The first kappa shape index (κ1) is 41.4. The van der Waals surface area contributed by atoms with E-state index in [1.807, 2.05) is 0 Å². The van der Waals surface area contributed by atoms with E-state index < -0.39 is 23.0 Å². The number of nitrogens with one attached hydrogen (secondary N) is 2. The first-order chi connectivity index (χ1) is 29.4. The summed E-state index contributed by atoms with van der Waals surface area (Å²) in [6.07, 6.45) is 13.4. The molecule has 0 radical (unpaired) electrons. The molecule has 2 aromatic carbocycles. The lowest BCUT2D eigenvalue weighted by Crippen LogP contribution is -2.46. The zero-order chi connectivity index (χ0) is 42.9. The van der Waals surface area contributed by atoms with Crippen LogP contribution in [-0.4, -0.2) is 86.4 Å². The van der Waals surface area contributed by atoms with Crippen molar-refractivity contribution < 1.29 is 18.7 Å². The van der Waals surface area contributed by atoms with Crippen molar-refractivity contribution >= 4 is 62.6 Å². The van der Waals surface area contributed by atoms with Crippen molar-refractivity contribution in [1.29, 1.82) is 10.8 Å². The number of rotatable bonds is 15. The maximum Gasteiger partial charge on any atom is 0.341 e. The highest BCUT2D eigenvalue weighted by atomic mass is 19.1. The number of hydrazine groups is 2. The number of hydrogen-bond acceptors (Lipinski definition) is 8. The number of halogens is 2. The third-order valence-corrected chi connectivity index (χ3v) is 11.9. The summed E-state index contributed by atoms with van der Waals surface area (Å²) in [5.74, 6) is -2.22. The number of anilines is 2. The molecule has 4 aromatic rings. The van der Waals surface area contributed by atoms with Crippen LogP contribution in [0.3, 0.4) is 0 Å². The lowest BCUT2D eigenvalue weighted by molar-refractivity contribution is 0.0694. The van der Waals surface area contributed by atoms with Crippen LogP contribution in [0.15, 0.2) is 62.3 Å². The molecule has 0 unspecified atom stereocenters. The van der Waals surface area contributed by atoms with E-state index in [-0.39, 0.29) is 52.3 Å². The van der Waals surface area contributed by atoms with Gasteiger partial charge in [-0.2, -0.15) is 4.99 Å². The Labute approximate surface area is 350 Å². The summed E-state index contributed by atoms with van der Waals surface area (Å²) < 4.78 is 34.9. The number of guanidine groups is 2. The van der Waals surface area contributed by atoms with Gasteiger partial charge >= 0.3 is 5.97 Å². The second-order valence-corrected chi connectivity index (χ2v) is 16.4. The summed E-state index contributed by atoms with van der Waals surface area (Å²) in [5.41, 5.74) is 13.3. The van der Waals surface area contributed by atoms with Gasteiger partial charge in [-0.1, -0.05) is 19.3 Å². The number of fused-ring (bicyclic) bond motifs is 2. The number of benzene rings is 2. The molecule has 2 aliphatic carbocycles. The van der Waals surface area contributed by atoms with Gasteiger partial charge in [-0.15, -0.1) is 0 Å². The molecule has 61 heavy (non-hydrogen) atoms. The summed E-state index contributed by atoms with van der Waals surface area (Å²) in [6, 6.07) is 7.58. The third-order valence-electron chi connectivity index (χ3n) is 11.9. The first-order valence-electron chi connectivity index (χ1n) is 21.2. The smallest absolute Gasteiger partial charge is 0.341 e. The quantitative estimate of drug-likeness (QED) is 0.0545. The number of hydrogen-bond donors (Lipinski definition) is 5. The lowest BCUT2D eigenvalue weighted by atomic mass is 10.1. The highest BCUT2D eigenvalue weighted by Crippen LogP contribution is 2.40. The summed E-state index contributed by atoms with van der Waals surface area (Å²) >= 11 is 0. The van der Waals surface area contributed by atoms with Crippen LogP contribution in [0, 0.1) is 22.5 Å². The molecule has 8 rings (SSSR count). The molecule has 4 heterocycles. The molecule has 2 saturated carbocycles. The minimum Gasteiger partial charge on any atom is -0.477 e. The largest absolute Gasteiger partial charge is 0.477 e. The van der Waals surface area contributed by atoms with Gasteiger partial charge in [0.2, 0.25) is 17.3 Å². The standard InChI is InChI=1S/C43H52F2N12O4/c44-32-21-29-34(52(27-9-10-27)19-13-38(29)58)23-36(32)54-15-6-17-56(54)39(47)20-26(46)8-4-2-1-3-5-14-50-42(48)51-43(49)57-18-7-16-55(57)37-24-35-30(22-33(37)45)40(59)31(41(60)61)25-53(35)28-11-12-28/h13,19,21-25,27-28,46-47H,1-12,14-18,20H2,(H,60,61)(H4,48,49,50,51). The highest BCUT2D eigenvalue weighted by Gasteiger charge is 2.32. The monoisotopic (exact) mass is 838 g/mol. The normalized spacial score (nSPS) is 17.3. The van der Waals surface area contributed by atoms with Gasteiger partial charge in [0, 0.05) is 86.2 Å². The number of carboxylic acid groups (broad SMARTS) is 1. The molecule has 2 aliphatic heterocycles. The summed E-state index contributed by atoms with van der Waals surface area (Å²) in [7, 11) is 0. The Bertz CT molecular complexity index is 2580. The molecule has 0 atom stereocenters. The number of carboxylic acids is 1. The van der Waals surface area contributed by atoms with E-state index in [1.54, 1.807) is 42.9 Å². The van der Waals surface area contributed by atoms with Gasteiger partial charge in [0.15, 0.2) is 5.43 Å². The van der Waals surface area contributed by atoms with Crippen LogP contribution >= 0.6 is 0 Å². The minimum atomic E-state index is -1.35. The number of carbonyl (C=O) groups is 1. The number of aromatic nitrogens is 2. The van der Waals surface area contributed by atoms with Crippen molar-refractivity contribution in [3.05, 3.63) is 80.4 Å². The van der Waals surface area contributed by atoms with Crippen molar-refractivity contribution in [3.63, 3.8) is 0 Å². The molecule has 0 bridgehead atoms. The molecule has 7 N–H and O–H groups in total. The molecule has 4 aliphatic rings. The zero-order valence-electron chi connectivity index (χ0n) is 34.1. The molecule has 322 valence electrons. The first-order valence-corrected chi connectivity index (χ1v) is 21.2. The zero-order valence-corrected chi connectivity index (χ0v) is 34.1. The van der Waals surface area contributed by atoms with E-state index in [1.165, 1.54) is 18.3 Å². The Kier molecular flexibility index (Phi) is 11.8. The highest BCUT2D eigenvalue weighted by molar-refractivity contribution is 6.01. The van der Waals surface area contributed by atoms with E-state index in [9.17, 15) is 19.5 Å². The van der Waals surface area contributed by atoms with Crippen LogP contribution in [0.1, 0.15) is 106 Å². The van der Waals surface area contributed by atoms with Crippen LogP contribution < -0.4 is 32.3 Å². The molecular formula is C43H52F2N12O4. The molecule has 2 aromatic heterocycles.